The van der Waals surface area contributed by atoms with E-state index in [1.807, 2.05) is 13.8 Å². The number of ether oxygens (including phenoxy) is 3. The summed E-state index contributed by atoms with van der Waals surface area (Å²) in [4.78, 5) is 17.2. The summed E-state index contributed by atoms with van der Waals surface area (Å²) in [6.45, 7) is 13.6. The van der Waals surface area contributed by atoms with Crippen molar-refractivity contribution in [3.63, 3.8) is 0 Å². The Bertz CT molecular complexity index is 2870. The van der Waals surface area contributed by atoms with Gasteiger partial charge in [0.05, 0.1) is 47.2 Å². The molecule has 424 valence electrons. The molecule has 0 unspecified atom stereocenters. The molecule has 0 spiro atoms. The first-order valence-corrected chi connectivity index (χ1v) is 23.5. The molecule has 1 aliphatic rings. The smallest absolute Gasteiger partial charge is 0.870 e. The van der Waals surface area contributed by atoms with Gasteiger partial charge in [0.1, 0.15) is 11.5 Å². The van der Waals surface area contributed by atoms with Gasteiger partial charge in [-0.15, -0.1) is 0 Å². The van der Waals surface area contributed by atoms with Crippen LogP contribution in [0.15, 0.2) is 69.7 Å². The maximum Gasteiger partial charge on any atom is 1.00 e. The van der Waals surface area contributed by atoms with Crippen molar-refractivity contribution < 1.29 is 126 Å². The molecular formula is C51H56F12N5NaO9. The molecule has 3 N–H and O–H groups in total. The van der Waals surface area contributed by atoms with E-state index in [-0.39, 0.29) is 82.4 Å². The molecule has 0 aliphatic carbocycles. The number of hydrogen-bond acceptors (Lipinski definition) is 12. The predicted molar refractivity (Wildman–Crippen MR) is 259 cm³/mol. The van der Waals surface area contributed by atoms with Gasteiger partial charge >= 0.3 is 60.2 Å². The third-order valence-corrected chi connectivity index (χ3v) is 11.4. The second-order valence-electron chi connectivity index (χ2n) is 16.8. The van der Waals surface area contributed by atoms with Crippen molar-refractivity contribution in [2.24, 2.45) is 0 Å². The number of aryl methyl sites for hydroxylation is 2. The Morgan fingerprint density at radius 2 is 1.06 bits per heavy atom. The van der Waals surface area contributed by atoms with Crippen LogP contribution in [0.4, 0.5) is 69.7 Å². The van der Waals surface area contributed by atoms with Crippen LogP contribution >= 0.6 is 0 Å². The summed E-state index contributed by atoms with van der Waals surface area (Å²) in [5.41, 5.74) is -4.27. The molecule has 0 radical (unpaired) electrons. The zero-order valence-corrected chi connectivity index (χ0v) is 45.2. The number of alkyl halides is 12. The summed E-state index contributed by atoms with van der Waals surface area (Å²) in [5.74, 6) is -0.950. The van der Waals surface area contributed by atoms with E-state index in [1.165, 1.54) is 54.1 Å². The molecule has 0 amide bonds. The molecule has 14 nitrogen and oxygen atoms in total. The van der Waals surface area contributed by atoms with E-state index in [1.54, 1.807) is 19.0 Å². The monoisotopic (exact) mass is 1130 g/mol. The van der Waals surface area contributed by atoms with Gasteiger partial charge < -0.3 is 48.7 Å². The third kappa shape index (κ3) is 18.3. The molecule has 0 atom stereocenters. The van der Waals surface area contributed by atoms with E-state index in [2.05, 4.69) is 15.2 Å². The number of aromatic carboxylic acids is 1. The first-order chi connectivity index (χ1) is 35.8. The fourth-order valence-electron chi connectivity index (χ4n) is 7.75. The average molecular weight is 1130 g/mol. The van der Waals surface area contributed by atoms with Gasteiger partial charge in [-0.05, 0) is 93.1 Å². The van der Waals surface area contributed by atoms with Crippen LogP contribution in [0.2, 0.25) is 0 Å². The normalized spacial score (nSPS) is 12.4. The molecule has 27 heteroatoms. The summed E-state index contributed by atoms with van der Waals surface area (Å²) < 4.78 is 185. The van der Waals surface area contributed by atoms with Crippen LogP contribution in [0.25, 0.3) is 26.8 Å². The molecule has 1 aliphatic heterocycles. The fourth-order valence-corrected chi connectivity index (χ4v) is 7.75. The van der Waals surface area contributed by atoms with Crippen LogP contribution in [-0.4, -0.2) is 92.7 Å². The van der Waals surface area contributed by atoms with Crippen molar-refractivity contribution in [1.82, 2.24) is 10.3 Å². The largest absolute Gasteiger partial charge is 1.00 e. The van der Waals surface area contributed by atoms with Crippen LogP contribution < -0.4 is 48.8 Å². The number of aliphatic hydroxyl groups is 1. The number of benzene rings is 4. The Labute approximate surface area is 462 Å². The summed E-state index contributed by atoms with van der Waals surface area (Å²) in [7, 11) is 4.17. The first kappa shape index (κ1) is 68.1. The molecule has 78 heavy (non-hydrogen) atoms. The van der Waals surface area contributed by atoms with Gasteiger partial charge in [0.15, 0.2) is 28.2 Å². The fraction of sp³-hybridized carbons (Fsp3) is 0.451. The molecule has 3 heterocycles. The summed E-state index contributed by atoms with van der Waals surface area (Å²) in [6.07, 6.45) is -13.3. The minimum absolute atomic E-state index is 0. The molecular weight excluding hydrogens is 1080 g/mol. The Morgan fingerprint density at radius 1 is 0.654 bits per heavy atom. The molecule has 2 aromatic heterocycles. The molecule has 1 fully saturated rings. The van der Waals surface area contributed by atoms with E-state index in [0.29, 0.717) is 73.4 Å². The van der Waals surface area contributed by atoms with Crippen molar-refractivity contribution in [2.75, 3.05) is 70.5 Å². The van der Waals surface area contributed by atoms with Crippen LogP contribution in [0.3, 0.4) is 0 Å². The number of aliphatic hydroxyl groups excluding tert-OH is 1. The number of halogens is 12. The van der Waals surface area contributed by atoms with Gasteiger partial charge in [-0.25, -0.2) is 9.64 Å². The van der Waals surface area contributed by atoms with Crippen molar-refractivity contribution in [2.45, 2.75) is 89.9 Å². The van der Waals surface area contributed by atoms with Crippen molar-refractivity contribution in [1.29, 1.82) is 0 Å². The standard InChI is InChI=1S/C23H21F6N3O2.C23H22F6N2O4.C4H8O.CH4O.Na.H2O/c1-4-6-15-19(10-8-16-20(15)34-31-21(16)23(27,28)29)33-12-5-11-32(3)14-7-9-18(30-2)17(13-14)22(24,25)26;1-3-5-15-18(9-8-16-19(15)35-30-20(16)23(27,28)29)34-11-4-10-31(2)13-6-7-14(21(32)33)17(12-13)22(24,25)26;1-2-4-5-3-1;1-2;;/h7-10,13H,4-6,11-12H2,1,3H3;6-9,12H,3-5,10-11H2,1-2H3,(H,32,33);1-4H2;2H,1H3;;1H2/q;;;;+1;/p-1. The zero-order valence-electron chi connectivity index (χ0n) is 43.2. The molecule has 0 bridgehead atoms. The zero-order chi connectivity index (χ0) is 56.6. The van der Waals surface area contributed by atoms with E-state index in [0.717, 1.165) is 44.6 Å². The van der Waals surface area contributed by atoms with E-state index in [9.17, 15) is 57.5 Å². The molecule has 6 aromatic rings. The first-order valence-electron chi connectivity index (χ1n) is 23.5. The quantitative estimate of drug-likeness (QED) is 0.0382. The van der Waals surface area contributed by atoms with E-state index < -0.39 is 64.4 Å². The number of aromatic nitrogens is 2. The van der Waals surface area contributed by atoms with Gasteiger partial charge in [0.2, 0.25) is 0 Å². The number of carboxylic acid groups (broad SMARTS) is 1. The van der Waals surface area contributed by atoms with Gasteiger partial charge in [-0.2, -0.15) is 52.7 Å². The predicted octanol–water partition coefficient (Wildman–Crippen LogP) is 10.9. The number of rotatable bonds is 17. The number of anilines is 2. The number of fused-ring (bicyclic) bond motifs is 2. The van der Waals surface area contributed by atoms with E-state index in [4.69, 9.17) is 40.0 Å². The van der Waals surface area contributed by atoms with Crippen LogP contribution in [0.1, 0.15) is 96.4 Å². The maximum absolute atomic E-state index is 13.2. The summed E-state index contributed by atoms with van der Waals surface area (Å²) >= 11 is 0. The molecule has 4 aromatic carbocycles. The van der Waals surface area contributed by atoms with Gasteiger partial charge in [0.25, 0.3) is 0 Å². The number of hydrogen-bond donors (Lipinski definition) is 2. The second kappa shape index (κ2) is 30.4. The second-order valence-corrected chi connectivity index (χ2v) is 16.8. The summed E-state index contributed by atoms with van der Waals surface area (Å²) in [6, 6.07) is 11.8. The van der Waals surface area contributed by atoms with Crippen molar-refractivity contribution >= 4 is 45.0 Å². The molecule has 0 saturated carbocycles. The molecule has 1 saturated heterocycles. The van der Waals surface area contributed by atoms with Crippen LogP contribution in [0.5, 0.6) is 11.5 Å². The van der Waals surface area contributed by atoms with Crippen molar-refractivity contribution in [3.05, 3.63) is 111 Å². The molecule has 7 rings (SSSR count). The number of nitrogens with zero attached hydrogens (tertiary/aromatic N) is 5. The maximum atomic E-state index is 13.2. The van der Waals surface area contributed by atoms with E-state index >= 15 is 0 Å². The van der Waals surface area contributed by atoms with Gasteiger partial charge in [-0.3, -0.25) is 0 Å². The number of carboxylic acids is 1. The van der Waals surface area contributed by atoms with Gasteiger partial charge in [-0.1, -0.05) is 43.1 Å². The van der Waals surface area contributed by atoms with Crippen LogP contribution in [0, 0.1) is 6.57 Å². The average Bonchev–Trinajstić information content (AvgIpc) is 4.18. The third-order valence-electron chi connectivity index (χ3n) is 11.4. The Balaban J connectivity index is 0.000000464. The minimum Gasteiger partial charge on any atom is -0.870 e. The SMILES string of the molecule is C1CCOC1.CCCc1c(OCCCN(C)c2ccc(C(=O)O)c(C(F)(F)F)c2)ccc2c(C(F)(F)F)noc12.CO.[C-]#[N+]c1ccc(N(C)CCCOc2ccc3c(C(F)(F)F)noc3c2CCC)cc1C(F)(F)F.[Na+].[OH-]. The Morgan fingerprint density at radius 3 is 1.41 bits per heavy atom. The summed E-state index contributed by atoms with van der Waals surface area (Å²) in [5, 5.41) is 22.1. The minimum atomic E-state index is -4.82. The number of carbonyl (C=O) groups is 1. The Hall–Kier alpha value is -5.98. The Kier molecular flexibility index (Phi) is 26.6. The topological polar surface area (TPSA) is 178 Å². The van der Waals surface area contributed by atoms with Crippen molar-refractivity contribution in [3.8, 4) is 11.5 Å². The van der Waals surface area contributed by atoms with Crippen LogP contribution in [-0.2, 0) is 42.3 Å². The van der Waals surface area contributed by atoms with Gasteiger partial charge in [0, 0.05) is 70.0 Å².